The second kappa shape index (κ2) is 2.99. The lowest BCUT2D eigenvalue weighted by Crippen LogP contribution is -2.15. The van der Waals surface area contributed by atoms with Gasteiger partial charge in [0.2, 0.25) is 0 Å². The standard InChI is InChI=1S/C5H11NO/c1-2-6-3-5-7-4-1/h6H,1-5H2/i/hD. The lowest BCUT2D eigenvalue weighted by atomic mass is 10.5. The van der Waals surface area contributed by atoms with Gasteiger partial charge in [-0.2, -0.15) is 0 Å². The van der Waals surface area contributed by atoms with Crippen molar-refractivity contribution < 1.29 is 6.15 Å². The van der Waals surface area contributed by atoms with Gasteiger partial charge in [-0.15, -0.1) is 0 Å². The van der Waals surface area contributed by atoms with E-state index in [1.54, 1.807) is 5.31 Å². The summed E-state index contributed by atoms with van der Waals surface area (Å²) in [6, 6.07) is 0. The highest BCUT2D eigenvalue weighted by atomic mass is 16.5. The zero-order valence-corrected chi connectivity index (χ0v) is 4.39. The average Bonchev–Trinajstić information content (AvgIpc) is 1.94. The lowest BCUT2D eigenvalue weighted by Gasteiger charge is -1.91. The molecule has 0 aromatic rings. The molecule has 1 aliphatic heterocycles. The summed E-state index contributed by atoms with van der Waals surface area (Å²) >= 11 is 0. The second-order valence-corrected chi connectivity index (χ2v) is 1.64. The molecule has 0 bridgehead atoms. The van der Waals surface area contributed by atoms with Gasteiger partial charge >= 0.3 is 0 Å². The molecule has 0 saturated carbocycles. The van der Waals surface area contributed by atoms with E-state index in [1.165, 1.54) is 0 Å². The van der Waals surface area contributed by atoms with Gasteiger partial charge in [0.25, 0.3) is 0 Å². The summed E-state index contributed by atoms with van der Waals surface area (Å²) in [5.74, 6) is 0. The molecular weight excluding hydrogens is 90.1 g/mol. The highest BCUT2D eigenvalue weighted by Gasteiger charge is 1.93. The number of hydrogen-bond donors (Lipinski definition) is 1. The van der Waals surface area contributed by atoms with Crippen molar-refractivity contribution in [2.24, 2.45) is 0 Å². The fourth-order valence-electron chi connectivity index (χ4n) is 0.621. The molecule has 0 atom stereocenters. The number of hydrogen-bond acceptors (Lipinski definition) is 2. The topological polar surface area (TPSA) is 21.3 Å². The van der Waals surface area contributed by atoms with Gasteiger partial charge in [0.1, 0.15) is 1.41 Å². The molecule has 0 amide bonds. The Labute approximate surface area is 45.3 Å². The predicted molar refractivity (Wildman–Crippen MR) is 28.3 cm³/mol. The normalized spacial score (nSPS) is 28.9. The van der Waals surface area contributed by atoms with Crippen LogP contribution in [-0.2, 0) is 4.74 Å². The average molecular weight is 102 g/mol. The molecule has 42 valence electrons. The van der Waals surface area contributed by atoms with Gasteiger partial charge in [-0.05, 0) is 13.0 Å². The van der Waals surface area contributed by atoms with Crippen molar-refractivity contribution in [1.82, 2.24) is 5.31 Å². The van der Waals surface area contributed by atoms with E-state index < -0.39 is 0 Å². The van der Waals surface area contributed by atoms with Crippen LogP contribution in [0.15, 0.2) is 0 Å². The molecule has 2 nitrogen and oxygen atoms in total. The summed E-state index contributed by atoms with van der Waals surface area (Å²) in [5.41, 5.74) is 0. The summed E-state index contributed by atoms with van der Waals surface area (Å²) in [7, 11) is 0. The highest BCUT2D eigenvalue weighted by molar-refractivity contribution is 4.50. The Morgan fingerprint density at radius 1 is 1.43 bits per heavy atom. The summed E-state index contributed by atoms with van der Waals surface area (Å²) < 4.78 is 12.3. The molecule has 0 radical (unpaired) electrons. The van der Waals surface area contributed by atoms with E-state index in [-0.39, 0.29) is 0 Å². The van der Waals surface area contributed by atoms with Gasteiger partial charge in [0.15, 0.2) is 0 Å². The van der Waals surface area contributed by atoms with Crippen LogP contribution in [0.1, 0.15) is 6.42 Å². The molecule has 0 spiro atoms. The number of rotatable bonds is 0. The molecule has 0 aromatic carbocycles. The van der Waals surface area contributed by atoms with E-state index in [1.807, 2.05) is 0 Å². The third-order valence-corrected chi connectivity index (χ3v) is 0.999. The Bertz CT molecular complexity index is 61.4. The van der Waals surface area contributed by atoms with Crippen LogP contribution in [0.4, 0.5) is 0 Å². The first-order chi connectivity index (χ1) is 3.89. The second-order valence-electron chi connectivity index (χ2n) is 1.64. The van der Waals surface area contributed by atoms with E-state index in [0.29, 0.717) is 0 Å². The lowest BCUT2D eigenvalue weighted by molar-refractivity contribution is 0.151. The maximum atomic E-state index is 7.17. The molecule has 0 aromatic heterocycles. The Kier molecular flexibility index (Phi) is 1.65. The first-order valence-corrected chi connectivity index (χ1v) is 2.71. The van der Waals surface area contributed by atoms with E-state index >= 15 is 0 Å². The Morgan fingerprint density at radius 3 is 3.43 bits per heavy atom. The molecule has 1 saturated heterocycles. The van der Waals surface area contributed by atoms with Crippen molar-refractivity contribution in [2.45, 2.75) is 6.42 Å². The van der Waals surface area contributed by atoms with Crippen molar-refractivity contribution in [3.8, 4) is 0 Å². The van der Waals surface area contributed by atoms with Crippen molar-refractivity contribution in [1.29, 1.82) is 0 Å². The maximum Gasteiger partial charge on any atom is 0.122 e. The van der Waals surface area contributed by atoms with Gasteiger partial charge in [0.05, 0.1) is 6.61 Å². The first kappa shape index (κ1) is 3.87. The molecule has 1 fully saturated rings. The monoisotopic (exact) mass is 102 g/mol. The number of nitrogens with one attached hydrogen (secondary N) is 1. The fourth-order valence-corrected chi connectivity index (χ4v) is 0.621. The maximum absolute atomic E-state index is 7.17. The zero-order chi connectivity index (χ0) is 5.82. The summed E-state index contributed by atoms with van der Waals surface area (Å²) in [6.07, 6.45) is 1.00. The zero-order valence-electron chi connectivity index (χ0n) is 5.39. The number of ether oxygens (including phenoxy) is 1. The van der Waals surface area contributed by atoms with Crippen LogP contribution < -0.4 is 5.31 Å². The van der Waals surface area contributed by atoms with Crippen LogP contribution in [0.25, 0.3) is 0 Å². The summed E-state index contributed by atoms with van der Waals surface area (Å²) in [4.78, 5) is 0. The van der Waals surface area contributed by atoms with Crippen LogP contribution in [0.5, 0.6) is 0 Å². The molecular formula is C5H11NO. The summed E-state index contributed by atoms with van der Waals surface area (Å²) in [5, 5.41) is 1.55. The van der Waals surface area contributed by atoms with Gasteiger partial charge < -0.3 is 10.0 Å². The van der Waals surface area contributed by atoms with Crippen molar-refractivity contribution in [3.05, 3.63) is 0 Å². The molecule has 0 unspecified atom stereocenters. The molecule has 1 N–H and O–H groups in total. The molecule has 1 heterocycles. The molecule has 2 heteroatoms. The van der Waals surface area contributed by atoms with Gasteiger partial charge in [-0.25, -0.2) is 0 Å². The van der Waals surface area contributed by atoms with E-state index in [9.17, 15) is 0 Å². The van der Waals surface area contributed by atoms with Crippen LogP contribution in [-0.4, -0.2) is 26.3 Å². The molecule has 0 aliphatic carbocycles. The minimum atomic E-state index is 0.726. The van der Waals surface area contributed by atoms with Crippen LogP contribution in [0, 0.1) is 0 Å². The van der Waals surface area contributed by atoms with E-state index in [0.717, 1.165) is 32.7 Å². The van der Waals surface area contributed by atoms with Crippen molar-refractivity contribution >= 4 is 0 Å². The van der Waals surface area contributed by atoms with Crippen LogP contribution >= 0.6 is 0 Å². The third kappa shape index (κ3) is 1.90. The highest BCUT2D eigenvalue weighted by Crippen LogP contribution is 1.83. The third-order valence-electron chi connectivity index (χ3n) is 0.999. The first-order valence-electron chi connectivity index (χ1n) is 3.16. The Balaban J connectivity index is 2.17. The van der Waals surface area contributed by atoms with Gasteiger partial charge in [0, 0.05) is 13.2 Å². The van der Waals surface area contributed by atoms with Crippen LogP contribution in [0.2, 0.25) is 1.41 Å². The van der Waals surface area contributed by atoms with Crippen molar-refractivity contribution in [2.75, 3.05) is 26.3 Å². The fraction of sp³-hybridized carbons (Fsp3) is 1.00. The van der Waals surface area contributed by atoms with Crippen molar-refractivity contribution in [3.63, 3.8) is 0 Å². The SMILES string of the molecule is [2H]N1CCCOCC1. The molecule has 1 rings (SSSR count). The van der Waals surface area contributed by atoms with E-state index in [4.69, 9.17) is 6.15 Å². The Hall–Kier alpha value is -0.0800. The molecule has 1 aliphatic rings. The predicted octanol–water partition coefficient (Wildman–Crippen LogP) is -0.00370. The smallest absolute Gasteiger partial charge is 0.122 e. The minimum absolute atomic E-state index is 0.726. The minimum Gasteiger partial charge on any atom is -0.380 e. The quantitative estimate of drug-likeness (QED) is 0.464. The van der Waals surface area contributed by atoms with Crippen LogP contribution in [0.3, 0.4) is 0 Å². The van der Waals surface area contributed by atoms with Gasteiger partial charge in [-0.1, -0.05) is 0 Å². The molecule has 7 heavy (non-hydrogen) atoms. The largest absolute Gasteiger partial charge is 0.380 e. The van der Waals surface area contributed by atoms with Gasteiger partial charge in [-0.3, -0.25) is 0 Å². The Morgan fingerprint density at radius 2 is 2.43 bits per heavy atom. The summed E-state index contributed by atoms with van der Waals surface area (Å²) in [6.45, 7) is 3.18. The van der Waals surface area contributed by atoms with E-state index in [2.05, 4.69) is 0 Å².